The van der Waals surface area contributed by atoms with Gasteiger partial charge in [0.15, 0.2) is 0 Å². The van der Waals surface area contributed by atoms with E-state index in [1.165, 1.54) is 0 Å². The summed E-state index contributed by atoms with van der Waals surface area (Å²) in [5, 5.41) is 21.1. The number of hydrogen-bond donors (Lipinski definition) is 2. The van der Waals surface area contributed by atoms with Crippen molar-refractivity contribution in [3.63, 3.8) is 0 Å². The highest BCUT2D eigenvalue weighted by Gasteiger charge is 2.29. The highest BCUT2D eigenvalue weighted by Crippen LogP contribution is 2.30. The molecule has 1 aliphatic rings. The molecule has 2 amide bonds. The van der Waals surface area contributed by atoms with E-state index in [0.717, 1.165) is 18.4 Å². The van der Waals surface area contributed by atoms with Crippen molar-refractivity contribution in [2.24, 2.45) is 5.92 Å². The molecule has 0 atom stereocenters. The quantitative estimate of drug-likeness (QED) is 0.430. The van der Waals surface area contributed by atoms with Crippen molar-refractivity contribution in [3.05, 3.63) is 81.2 Å². The van der Waals surface area contributed by atoms with Crippen LogP contribution in [-0.2, 0) is 11.3 Å². The normalized spacial score (nSPS) is 12.9. The number of nitrogens with zero attached hydrogens (tertiary/aromatic N) is 3. The van der Waals surface area contributed by atoms with E-state index in [-0.39, 0.29) is 23.4 Å². The van der Waals surface area contributed by atoms with E-state index in [1.54, 1.807) is 67.1 Å². The van der Waals surface area contributed by atoms with Crippen molar-refractivity contribution in [3.8, 4) is 0 Å². The number of nitro groups is 1. The van der Waals surface area contributed by atoms with E-state index < -0.39 is 4.92 Å². The van der Waals surface area contributed by atoms with Gasteiger partial charge in [0.2, 0.25) is 5.91 Å². The molecule has 0 unspecified atom stereocenters. The van der Waals surface area contributed by atoms with Gasteiger partial charge in [0, 0.05) is 22.9 Å². The molecule has 1 fully saturated rings. The fraction of sp³-hybridized carbons (Fsp3) is 0.261. The van der Waals surface area contributed by atoms with Crippen LogP contribution in [0.15, 0.2) is 48.5 Å². The summed E-state index contributed by atoms with van der Waals surface area (Å²) < 4.78 is 1.59. The second-order valence-corrected chi connectivity index (χ2v) is 7.93. The van der Waals surface area contributed by atoms with Crippen LogP contribution in [0.2, 0.25) is 0 Å². The molecular formula is C23H23N5O4. The third-order valence-electron chi connectivity index (χ3n) is 5.43. The summed E-state index contributed by atoms with van der Waals surface area (Å²) in [5.74, 6) is -0.0845. The van der Waals surface area contributed by atoms with Crippen LogP contribution in [0, 0.1) is 29.9 Å². The lowest BCUT2D eigenvalue weighted by molar-refractivity contribution is -0.386. The van der Waals surface area contributed by atoms with Crippen LogP contribution in [0.25, 0.3) is 0 Å². The molecular weight excluding hydrogens is 410 g/mol. The van der Waals surface area contributed by atoms with Crippen molar-refractivity contribution in [2.45, 2.75) is 33.2 Å². The maximum Gasteiger partial charge on any atom is 0.312 e. The molecule has 1 heterocycles. The number of anilines is 2. The Kier molecular flexibility index (Phi) is 5.72. The number of nitrogens with one attached hydrogen (secondary N) is 2. The molecule has 1 aliphatic carbocycles. The van der Waals surface area contributed by atoms with Gasteiger partial charge in [0.25, 0.3) is 5.91 Å². The van der Waals surface area contributed by atoms with Gasteiger partial charge in [0.1, 0.15) is 11.4 Å². The maximum atomic E-state index is 12.5. The molecule has 0 radical (unpaired) electrons. The summed E-state index contributed by atoms with van der Waals surface area (Å²) in [5.41, 5.74) is 3.58. The van der Waals surface area contributed by atoms with Gasteiger partial charge in [-0.15, -0.1) is 0 Å². The molecule has 3 aromatic rings. The highest BCUT2D eigenvalue weighted by molar-refractivity contribution is 6.04. The van der Waals surface area contributed by atoms with Crippen molar-refractivity contribution in [1.29, 1.82) is 0 Å². The average molecular weight is 433 g/mol. The minimum absolute atomic E-state index is 0.0270. The predicted molar refractivity (Wildman–Crippen MR) is 120 cm³/mol. The number of hydrogen-bond acceptors (Lipinski definition) is 5. The lowest BCUT2D eigenvalue weighted by Gasteiger charge is -2.09. The van der Waals surface area contributed by atoms with Gasteiger partial charge in [-0.25, -0.2) is 0 Å². The second kappa shape index (κ2) is 8.62. The number of rotatable bonds is 7. The molecule has 2 aromatic carbocycles. The zero-order valence-electron chi connectivity index (χ0n) is 17.8. The fourth-order valence-electron chi connectivity index (χ4n) is 3.47. The first-order valence-electron chi connectivity index (χ1n) is 10.3. The van der Waals surface area contributed by atoms with E-state index in [1.807, 2.05) is 0 Å². The summed E-state index contributed by atoms with van der Waals surface area (Å²) in [6.07, 6.45) is 1.89. The molecule has 1 saturated carbocycles. The van der Waals surface area contributed by atoms with E-state index in [9.17, 15) is 19.7 Å². The van der Waals surface area contributed by atoms with Crippen LogP contribution in [0.5, 0.6) is 0 Å². The van der Waals surface area contributed by atoms with Crippen molar-refractivity contribution in [2.75, 3.05) is 10.6 Å². The maximum absolute atomic E-state index is 12.5. The minimum Gasteiger partial charge on any atom is -0.326 e. The number of carbonyl (C=O) groups excluding carboxylic acids is 2. The first kappa shape index (κ1) is 21.2. The molecule has 9 heteroatoms. The Morgan fingerprint density at radius 2 is 1.62 bits per heavy atom. The van der Waals surface area contributed by atoms with E-state index in [2.05, 4.69) is 15.7 Å². The Balaban J connectivity index is 1.37. The van der Waals surface area contributed by atoms with E-state index >= 15 is 0 Å². The van der Waals surface area contributed by atoms with Gasteiger partial charge in [-0.2, -0.15) is 5.10 Å². The van der Waals surface area contributed by atoms with Gasteiger partial charge in [-0.3, -0.25) is 24.4 Å². The molecule has 0 aliphatic heterocycles. The third-order valence-corrected chi connectivity index (χ3v) is 5.43. The summed E-state index contributed by atoms with van der Waals surface area (Å²) in [7, 11) is 0. The van der Waals surface area contributed by atoms with E-state index in [0.29, 0.717) is 34.9 Å². The zero-order chi connectivity index (χ0) is 22.8. The molecule has 0 bridgehead atoms. The molecule has 32 heavy (non-hydrogen) atoms. The van der Waals surface area contributed by atoms with Crippen LogP contribution >= 0.6 is 0 Å². The highest BCUT2D eigenvalue weighted by atomic mass is 16.6. The van der Waals surface area contributed by atoms with Gasteiger partial charge < -0.3 is 10.6 Å². The zero-order valence-corrected chi connectivity index (χ0v) is 17.8. The first-order chi connectivity index (χ1) is 15.3. The van der Waals surface area contributed by atoms with Gasteiger partial charge in [-0.1, -0.05) is 12.1 Å². The number of carbonyl (C=O) groups is 2. The summed E-state index contributed by atoms with van der Waals surface area (Å²) >= 11 is 0. The van der Waals surface area contributed by atoms with Crippen LogP contribution in [0.4, 0.5) is 17.1 Å². The predicted octanol–water partition coefficient (Wildman–Crippen LogP) is 4.06. The smallest absolute Gasteiger partial charge is 0.312 e. The number of aryl methyl sites for hydroxylation is 1. The van der Waals surface area contributed by atoms with Crippen LogP contribution in [0.1, 0.15) is 40.2 Å². The number of aromatic nitrogens is 2. The van der Waals surface area contributed by atoms with E-state index in [4.69, 9.17) is 0 Å². The van der Waals surface area contributed by atoms with Crippen LogP contribution < -0.4 is 10.6 Å². The summed E-state index contributed by atoms with van der Waals surface area (Å²) in [6, 6.07) is 14.0. The Morgan fingerprint density at radius 3 is 2.16 bits per heavy atom. The van der Waals surface area contributed by atoms with Crippen molar-refractivity contribution < 1.29 is 14.5 Å². The Bertz CT molecular complexity index is 1180. The lowest BCUT2D eigenvalue weighted by Crippen LogP contribution is -2.14. The molecule has 164 valence electrons. The van der Waals surface area contributed by atoms with Crippen LogP contribution in [0.3, 0.4) is 0 Å². The number of benzene rings is 2. The summed E-state index contributed by atoms with van der Waals surface area (Å²) in [4.78, 5) is 35.1. The molecule has 2 N–H and O–H groups in total. The molecule has 0 spiro atoms. The SMILES string of the molecule is Cc1nn(Cc2ccc(C(=O)Nc3ccc(NC(=O)C4CC4)cc3)cc2)c(C)c1[N+](=O)[O-]. The molecule has 4 rings (SSSR count). The van der Waals surface area contributed by atoms with Crippen molar-refractivity contribution in [1.82, 2.24) is 9.78 Å². The molecule has 1 aromatic heterocycles. The second-order valence-electron chi connectivity index (χ2n) is 7.93. The Hall–Kier alpha value is -4.01. The van der Waals surface area contributed by atoms with Gasteiger partial charge >= 0.3 is 5.69 Å². The van der Waals surface area contributed by atoms with Crippen molar-refractivity contribution >= 4 is 28.9 Å². The molecule has 9 nitrogen and oxygen atoms in total. The topological polar surface area (TPSA) is 119 Å². The van der Waals surface area contributed by atoms with Crippen LogP contribution in [-0.4, -0.2) is 26.5 Å². The first-order valence-corrected chi connectivity index (χ1v) is 10.3. The summed E-state index contributed by atoms with van der Waals surface area (Å²) in [6.45, 7) is 3.65. The largest absolute Gasteiger partial charge is 0.326 e. The minimum atomic E-state index is -0.421. The monoisotopic (exact) mass is 433 g/mol. The third kappa shape index (κ3) is 4.66. The van der Waals surface area contributed by atoms with Gasteiger partial charge in [0.05, 0.1) is 11.5 Å². The average Bonchev–Trinajstić information content (AvgIpc) is 3.56. The number of amides is 2. The Labute approximate surface area is 184 Å². The standard InChI is InChI=1S/C23H23N5O4/c1-14-21(28(31)32)15(2)27(26-14)13-16-3-5-17(6-4-16)22(29)24-19-9-11-20(12-10-19)25-23(30)18-7-8-18/h3-6,9-12,18H,7-8,13H2,1-2H3,(H,24,29)(H,25,30). The fourth-order valence-corrected chi connectivity index (χ4v) is 3.47. The van der Waals surface area contributed by atoms with Gasteiger partial charge in [-0.05, 0) is 68.7 Å². The Morgan fingerprint density at radius 1 is 1.03 bits per heavy atom. The molecule has 0 saturated heterocycles. The lowest BCUT2D eigenvalue weighted by atomic mass is 10.1.